The van der Waals surface area contributed by atoms with Gasteiger partial charge in [0, 0.05) is 18.8 Å². The summed E-state index contributed by atoms with van der Waals surface area (Å²) < 4.78 is 32.7. The molecule has 1 fully saturated rings. The Labute approximate surface area is 180 Å². The predicted molar refractivity (Wildman–Crippen MR) is 114 cm³/mol. The summed E-state index contributed by atoms with van der Waals surface area (Å²) >= 11 is 11.9. The van der Waals surface area contributed by atoms with Crippen LogP contribution in [-0.2, 0) is 14.8 Å². The Morgan fingerprint density at radius 1 is 1.17 bits per heavy atom. The summed E-state index contributed by atoms with van der Waals surface area (Å²) in [6, 6.07) is 11.1. The maximum atomic E-state index is 13.0. The van der Waals surface area contributed by atoms with Crippen LogP contribution in [0.5, 0.6) is 5.75 Å². The molecule has 6 nitrogen and oxygen atoms in total. The zero-order chi connectivity index (χ0) is 21.0. The van der Waals surface area contributed by atoms with Gasteiger partial charge in [0.1, 0.15) is 5.75 Å². The van der Waals surface area contributed by atoms with Gasteiger partial charge in [-0.25, -0.2) is 8.42 Å². The predicted octanol–water partition coefficient (Wildman–Crippen LogP) is 4.43. The molecule has 0 bridgehead atoms. The Morgan fingerprint density at radius 2 is 1.90 bits per heavy atom. The lowest BCUT2D eigenvalue weighted by atomic mass is 9.99. The largest absolute Gasteiger partial charge is 0.494 e. The molecular formula is C20H22Cl2N2O4S. The van der Waals surface area contributed by atoms with Gasteiger partial charge in [-0.05, 0) is 62.2 Å². The van der Waals surface area contributed by atoms with Gasteiger partial charge in [0.2, 0.25) is 15.9 Å². The van der Waals surface area contributed by atoms with E-state index in [-0.39, 0.29) is 17.3 Å². The van der Waals surface area contributed by atoms with Crippen molar-refractivity contribution in [1.82, 2.24) is 4.31 Å². The molecule has 1 saturated heterocycles. The minimum Gasteiger partial charge on any atom is -0.494 e. The van der Waals surface area contributed by atoms with Crippen molar-refractivity contribution in [3.05, 3.63) is 52.5 Å². The Bertz CT molecular complexity index is 980. The number of halogens is 2. The van der Waals surface area contributed by atoms with E-state index in [0.29, 0.717) is 47.5 Å². The van der Waals surface area contributed by atoms with Crippen LogP contribution in [0.4, 0.5) is 5.69 Å². The molecule has 1 atom stereocenters. The van der Waals surface area contributed by atoms with Gasteiger partial charge in [0.15, 0.2) is 0 Å². The van der Waals surface area contributed by atoms with Crippen LogP contribution in [0, 0.1) is 5.92 Å². The van der Waals surface area contributed by atoms with E-state index in [1.165, 1.54) is 16.4 Å². The number of carbonyl (C=O) groups excluding carboxylic acids is 1. The van der Waals surface area contributed by atoms with Gasteiger partial charge in [-0.2, -0.15) is 4.31 Å². The number of rotatable bonds is 6. The van der Waals surface area contributed by atoms with Gasteiger partial charge in [-0.3, -0.25) is 4.79 Å². The maximum absolute atomic E-state index is 13.0. The van der Waals surface area contributed by atoms with Gasteiger partial charge in [-0.15, -0.1) is 0 Å². The van der Waals surface area contributed by atoms with Crippen molar-refractivity contribution in [1.29, 1.82) is 0 Å². The molecule has 0 radical (unpaired) electrons. The minimum atomic E-state index is -3.69. The van der Waals surface area contributed by atoms with Crippen molar-refractivity contribution in [2.45, 2.75) is 24.7 Å². The van der Waals surface area contributed by atoms with E-state index in [9.17, 15) is 13.2 Å². The number of amides is 1. The molecule has 2 aromatic carbocycles. The van der Waals surface area contributed by atoms with Crippen molar-refractivity contribution in [3.63, 3.8) is 0 Å². The molecule has 1 aliphatic rings. The SMILES string of the molecule is CCOc1ccc(S(=O)(=O)N2CCC[C@@H](C(=O)Nc3ccc(Cl)c(Cl)c3)C2)cc1. The van der Waals surface area contributed by atoms with Crippen molar-refractivity contribution in [2.75, 3.05) is 25.0 Å². The highest BCUT2D eigenvalue weighted by atomic mass is 35.5. The average Bonchev–Trinajstić information content (AvgIpc) is 2.71. The van der Waals surface area contributed by atoms with E-state index in [2.05, 4.69) is 5.32 Å². The van der Waals surface area contributed by atoms with Crippen LogP contribution in [0.15, 0.2) is 47.4 Å². The van der Waals surface area contributed by atoms with Crippen LogP contribution in [0.1, 0.15) is 19.8 Å². The number of anilines is 1. The number of ether oxygens (including phenoxy) is 1. The van der Waals surface area contributed by atoms with Crippen molar-refractivity contribution >= 4 is 44.8 Å². The summed E-state index contributed by atoms with van der Waals surface area (Å²) in [6.45, 7) is 2.88. The second kappa shape index (κ2) is 9.34. The standard InChI is InChI=1S/C20H22Cl2N2O4S/c1-2-28-16-6-8-17(9-7-16)29(26,27)24-11-3-4-14(13-24)20(25)23-15-5-10-18(21)19(22)12-15/h5-10,12,14H,2-4,11,13H2,1H3,(H,23,25)/t14-/m1/s1. The fraction of sp³-hybridized carbons (Fsp3) is 0.350. The molecule has 1 N–H and O–H groups in total. The molecule has 0 saturated carbocycles. The molecule has 29 heavy (non-hydrogen) atoms. The molecular weight excluding hydrogens is 435 g/mol. The average molecular weight is 457 g/mol. The normalized spacial score (nSPS) is 17.7. The molecule has 1 amide bonds. The van der Waals surface area contributed by atoms with Crippen LogP contribution < -0.4 is 10.1 Å². The number of nitrogens with one attached hydrogen (secondary N) is 1. The quantitative estimate of drug-likeness (QED) is 0.697. The lowest BCUT2D eigenvalue weighted by Crippen LogP contribution is -2.43. The second-order valence-electron chi connectivity index (χ2n) is 6.72. The van der Waals surface area contributed by atoms with E-state index in [0.717, 1.165) is 0 Å². The number of sulfonamides is 1. The summed E-state index contributed by atoms with van der Waals surface area (Å²) in [5, 5.41) is 3.53. The van der Waals surface area contributed by atoms with Crippen LogP contribution in [0.25, 0.3) is 0 Å². The highest BCUT2D eigenvalue weighted by Crippen LogP contribution is 2.28. The highest BCUT2D eigenvalue weighted by molar-refractivity contribution is 7.89. The zero-order valence-electron chi connectivity index (χ0n) is 15.9. The molecule has 0 aliphatic carbocycles. The lowest BCUT2D eigenvalue weighted by Gasteiger charge is -2.31. The first-order valence-electron chi connectivity index (χ1n) is 9.30. The van der Waals surface area contributed by atoms with Gasteiger partial charge >= 0.3 is 0 Å². The Kier molecular flexibility index (Phi) is 7.05. The monoisotopic (exact) mass is 456 g/mol. The summed E-state index contributed by atoms with van der Waals surface area (Å²) in [6.07, 6.45) is 1.22. The van der Waals surface area contributed by atoms with E-state index >= 15 is 0 Å². The molecule has 2 aromatic rings. The smallest absolute Gasteiger partial charge is 0.243 e. The molecule has 156 valence electrons. The molecule has 0 spiro atoms. The van der Waals surface area contributed by atoms with Crippen molar-refractivity contribution < 1.29 is 17.9 Å². The molecule has 3 rings (SSSR count). The van der Waals surface area contributed by atoms with Crippen LogP contribution in [-0.4, -0.2) is 38.3 Å². The Balaban J connectivity index is 1.70. The van der Waals surface area contributed by atoms with Crippen LogP contribution >= 0.6 is 23.2 Å². The van der Waals surface area contributed by atoms with Gasteiger partial charge in [0.05, 0.1) is 27.5 Å². The number of nitrogens with zero attached hydrogens (tertiary/aromatic N) is 1. The van der Waals surface area contributed by atoms with Crippen molar-refractivity contribution in [2.24, 2.45) is 5.92 Å². The third kappa shape index (κ3) is 5.22. The summed E-state index contributed by atoms with van der Waals surface area (Å²) in [5.41, 5.74) is 0.524. The summed E-state index contributed by atoms with van der Waals surface area (Å²) in [4.78, 5) is 12.9. The van der Waals surface area contributed by atoms with Gasteiger partial charge < -0.3 is 10.1 Å². The number of hydrogen-bond acceptors (Lipinski definition) is 4. The topological polar surface area (TPSA) is 75.7 Å². The number of hydrogen-bond donors (Lipinski definition) is 1. The lowest BCUT2D eigenvalue weighted by molar-refractivity contribution is -0.120. The van der Waals surface area contributed by atoms with E-state index < -0.39 is 15.9 Å². The third-order valence-electron chi connectivity index (χ3n) is 4.71. The van der Waals surface area contributed by atoms with Crippen LogP contribution in [0.3, 0.4) is 0 Å². The first-order chi connectivity index (χ1) is 13.8. The zero-order valence-corrected chi connectivity index (χ0v) is 18.2. The van der Waals surface area contributed by atoms with E-state index in [1.54, 1.807) is 30.3 Å². The number of benzene rings is 2. The van der Waals surface area contributed by atoms with Crippen LogP contribution in [0.2, 0.25) is 10.0 Å². The first-order valence-corrected chi connectivity index (χ1v) is 11.5. The summed E-state index contributed by atoms with van der Waals surface area (Å²) in [5.74, 6) is -0.0744. The third-order valence-corrected chi connectivity index (χ3v) is 7.33. The molecule has 0 unspecified atom stereocenters. The molecule has 1 heterocycles. The molecule has 1 aliphatic heterocycles. The Morgan fingerprint density at radius 3 is 2.55 bits per heavy atom. The van der Waals surface area contributed by atoms with Gasteiger partial charge in [-0.1, -0.05) is 23.2 Å². The van der Waals surface area contributed by atoms with Gasteiger partial charge in [0.25, 0.3) is 0 Å². The fourth-order valence-electron chi connectivity index (χ4n) is 3.22. The fourth-order valence-corrected chi connectivity index (χ4v) is 5.04. The maximum Gasteiger partial charge on any atom is 0.243 e. The molecule has 9 heteroatoms. The van der Waals surface area contributed by atoms with E-state index in [4.69, 9.17) is 27.9 Å². The number of carbonyl (C=O) groups is 1. The van der Waals surface area contributed by atoms with E-state index in [1.807, 2.05) is 6.92 Å². The molecule has 0 aromatic heterocycles. The highest BCUT2D eigenvalue weighted by Gasteiger charge is 2.33. The number of piperidine rings is 1. The van der Waals surface area contributed by atoms with Crippen molar-refractivity contribution in [3.8, 4) is 5.75 Å². The summed E-state index contributed by atoms with van der Waals surface area (Å²) in [7, 11) is -3.69. The Hall–Kier alpha value is -1.80. The second-order valence-corrected chi connectivity index (χ2v) is 9.48. The first kappa shape index (κ1) is 21.9. The minimum absolute atomic E-state index is 0.128.